The van der Waals surface area contributed by atoms with Crippen LogP contribution in [0.3, 0.4) is 0 Å². The second-order valence-electron chi connectivity index (χ2n) is 7.48. The van der Waals surface area contributed by atoms with E-state index in [4.69, 9.17) is 4.74 Å². The quantitative estimate of drug-likeness (QED) is 0.682. The van der Waals surface area contributed by atoms with E-state index in [-0.39, 0.29) is 22.7 Å². The number of aliphatic carboxylic acids is 1. The van der Waals surface area contributed by atoms with E-state index in [9.17, 15) is 18.3 Å². The Morgan fingerprint density at radius 2 is 1.90 bits per heavy atom. The first-order valence-corrected chi connectivity index (χ1v) is 11.7. The van der Waals surface area contributed by atoms with Crippen molar-refractivity contribution in [3.8, 4) is 0 Å². The molecule has 0 saturated heterocycles. The molecule has 6 nitrogen and oxygen atoms in total. The molecule has 3 atom stereocenters. The summed E-state index contributed by atoms with van der Waals surface area (Å²) in [5.74, 6) is -0.472. The van der Waals surface area contributed by atoms with Crippen LogP contribution < -0.4 is 4.72 Å². The van der Waals surface area contributed by atoms with Crippen LogP contribution in [0.2, 0.25) is 0 Å². The zero-order valence-corrected chi connectivity index (χ0v) is 17.8. The van der Waals surface area contributed by atoms with Gasteiger partial charge in [0, 0.05) is 12.3 Å². The second kappa shape index (κ2) is 7.86. The third-order valence-corrected chi connectivity index (χ3v) is 8.24. The molecule has 2 aromatic rings. The van der Waals surface area contributed by atoms with E-state index in [1.807, 2.05) is 36.4 Å². The second-order valence-corrected chi connectivity index (χ2v) is 10.5. The van der Waals surface area contributed by atoms with Crippen molar-refractivity contribution in [2.24, 2.45) is 5.92 Å². The van der Waals surface area contributed by atoms with Crippen LogP contribution in [0.25, 0.3) is 5.76 Å². The molecule has 8 heteroatoms. The van der Waals surface area contributed by atoms with Gasteiger partial charge in [0.25, 0.3) is 10.0 Å². The van der Waals surface area contributed by atoms with Gasteiger partial charge >= 0.3 is 5.97 Å². The fraction of sp³-hybridized carbons (Fsp3) is 0.227. The monoisotopic (exact) mass is 443 g/mol. The molecule has 0 amide bonds. The Kier molecular flexibility index (Phi) is 5.40. The van der Waals surface area contributed by atoms with Crippen LogP contribution in [0, 0.1) is 5.92 Å². The number of sulfonamides is 1. The molecule has 0 fully saturated rings. The molecule has 30 heavy (non-hydrogen) atoms. The van der Waals surface area contributed by atoms with Crippen LogP contribution in [0.5, 0.6) is 0 Å². The van der Waals surface area contributed by atoms with Crippen molar-refractivity contribution in [3.05, 3.63) is 83.3 Å². The number of fused-ring (bicyclic) bond motifs is 1. The number of benzene rings is 1. The number of hydrogen-bond acceptors (Lipinski definition) is 5. The molecule has 1 aromatic heterocycles. The minimum absolute atomic E-state index is 0.0247. The SMILES string of the molecule is C[C@@](Cc1ccccc1)(NS(=O)(=O)c1ccc(C2=CC3C=CC=CC3O2)s1)C(=O)O. The zero-order chi connectivity index (χ0) is 21.4. The number of hydrogen-bond donors (Lipinski definition) is 2. The molecule has 2 N–H and O–H groups in total. The number of rotatable bonds is 7. The fourth-order valence-corrected chi connectivity index (χ4v) is 6.12. The third-order valence-electron chi connectivity index (χ3n) is 5.05. The predicted molar refractivity (Wildman–Crippen MR) is 115 cm³/mol. The summed E-state index contributed by atoms with van der Waals surface area (Å²) >= 11 is 1.06. The average Bonchev–Trinajstić information content (AvgIpc) is 3.35. The lowest BCUT2D eigenvalue weighted by Gasteiger charge is -2.25. The van der Waals surface area contributed by atoms with Crippen LogP contribution in [-0.4, -0.2) is 31.1 Å². The summed E-state index contributed by atoms with van der Waals surface area (Å²) in [6.45, 7) is 1.38. The van der Waals surface area contributed by atoms with Gasteiger partial charge in [0.15, 0.2) is 0 Å². The Hall–Kier alpha value is -2.68. The molecular formula is C22H21NO5S2. The summed E-state index contributed by atoms with van der Waals surface area (Å²) in [7, 11) is -4.04. The van der Waals surface area contributed by atoms with E-state index in [0.29, 0.717) is 10.6 Å². The van der Waals surface area contributed by atoms with E-state index < -0.39 is 21.5 Å². The van der Waals surface area contributed by atoms with Gasteiger partial charge in [-0.15, -0.1) is 11.3 Å². The van der Waals surface area contributed by atoms with Crippen LogP contribution in [0.4, 0.5) is 0 Å². The predicted octanol–water partition coefficient (Wildman–Crippen LogP) is 3.59. The van der Waals surface area contributed by atoms with Crippen molar-refractivity contribution in [2.45, 2.75) is 29.2 Å². The van der Waals surface area contributed by atoms with Gasteiger partial charge in [-0.1, -0.05) is 48.6 Å². The molecule has 0 saturated carbocycles. The first-order chi connectivity index (χ1) is 14.3. The maximum absolute atomic E-state index is 13.0. The first-order valence-electron chi connectivity index (χ1n) is 9.42. The summed E-state index contributed by atoms with van der Waals surface area (Å²) in [5.41, 5.74) is -0.956. The Labute approximate surface area is 179 Å². The lowest BCUT2D eigenvalue weighted by molar-refractivity contribution is -0.143. The first kappa shape index (κ1) is 20.6. The number of ether oxygens (including phenoxy) is 1. The van der Waals surface area contributed by atoms with E-state index in [1.54, 1.807) is 30.3 Å². The minimum atomic E-state index is -4.04. The highest BCUT2D eigenvalue weighted by Gasteiger charge is 2.39. The van der Waals surface area contributed by atoms with Crippen molar-refractivity contribution in [3.63, 3.8) is 0 Å². The average molecular weight is 444 g/mol. The normalized spacial score (nSPS) is 22.1. The largest absolute Gasteiger partial charge is 0.484 e. The molecule has 0 spiro atoms. The standard InChI is InChI=1S/C22H21NO5S2/c1-22(21(24)25,14-15-7-3-2-4-8-15)23-30(26,27)20-12-11-19(29-20)18-13-16-9-5-6-10-17(16)28-18/h2-13,16-17,23H,14H2,1H3,(H,24,25)/t16?,17?,22-/m0/s1. The molecule has 1 aliphatic heterocycles. The lowest BCUT2D eigenvalue weighted by atomic mass is 9.94. The van der Waals surface area contributed by atoms with Crippen LogP contribution >= 0.6 is 11.3 Å². The molecule has 4 rings (SSSR count). The van der Waals surface area contributed by atoms with Gasteiger partial charge in [-0.25, -0.2) is 8.42 Å². The maximum Gasteiger partial charge on any atom is 0.324 e. The van der Waals surface area contributed by atoms with Gasteiger partial charge in [-0.05, 0) is 36.8 Å². The maximum atomic E-state index is 13.0. The Morgan fingerprint density at radius 1 is 1.17 bits per heavy atom. The third kappa shape index (κ3) is 4.12. The summed E-state index contributed by atoms with van der Waals surface area (Å²) < 4.78 is 34.3. The smallest absolute Gasteiger partial charge is 0.324 e. The number of carboxylic acid groups (broad SMARTS) is 1. The van der Waals surface area contributed by atoms with Crippen molar-refractivity contribution in [1.82, 2.24) is 4.72 Å². The number of carbonyl (C=O) groups is 1. The zero-order valence-electron chi connectivity index (χ0n) is 16.2. The van der Waals surface area contributed by atoms with Gasteiger partial charge < -0.3 is 9.84 Å². The molecule has 2 heterocycles. The summed E-state index contributed by atoms with van der Waals surface area (Å²) in [5, 5.41) is 9.73. The van der Waals surface area contributed by atoms with E-state index in [0.717, 1.165) is 16.9 Å². The minimum Gasteiger partial charge on any atom is -0.484 e. The van der Waals surface area contributed by atoms with Gasteiger partial charge in [0.2, 0.25) is 0 Å². The lowest BCUT2D eigenvalue weighted by Crippen LogP contribution is -2.53. The van der Waals surface area contributed by atoms with Gasteiger partial charge in [-0.2, -0.15) is 4.72 Å². The molecule has 2 unspecified atom stereocenters. The number of allylic oxidation sites excluding steroid dienone is 2. The molecule has 156 valence electrons. The van der Waals surface area contributed by atoms with Gasteiger partial charge in [0.05, 0.1) is 4.88 Å². The Balaban J connectivity index is 1.55. The Bertz CT molecular complexity index is 1150. The van der Waals surface area contributed by atoms with E-state index in [1.165, 1.54) is 13.0 Å². The highest BCUT2D eigenvalue weighted by atomic mass is 32.2. The summed E-state index contributed by atoms with van der Waals surface area (Å²) in [6.07, 6.45) is 9.79. The molecule has 0 bridgehead atoms. The van der Waals surface area contributed by atoms with Crippen LogP contribution in [0.1, 0.15) is 17.4 Å². The van der Waals surface area contributed by atoms with Crippen LogP contribution in [-0.2, 0) is 26.0 Å². The van der Waals surface area contributed by atoms with Crippen LogP contribution in [0.15, 0.2) is 77.1 Å². The fourth-order valence-electron chi connectivity index (χ4n) is 3.48. The molecule has 2 aliphatic rings. The van der Waals surface area contributed by atoms with Gasteiger partial charge in [-0.3, -0.25) is 4.79 Å². The van der Waals surface area contributed by atoms with E-state index >= 15 is 0 Å². The highest BCUT2D eigenvalue weighted by molar-refractivity contribution is 7.91. The molecule has 0 radical (unpaired) electrons. The number of nitrogens with one attached hydrogen (secondary N) is 1. The van der Waals surface area contributed by atoms with Crippen molar-refractivity contribution in [1.29, 1.82) is 0 Å². The summed E-state index contributed by atoms with van der Waals surface area (Å²) in [4.78, 5) is 12.6. The van der Waals surface area contributed by atoms with Gasteiger partial charge in [0.1, 0.15) is 21.6 Å². The van der Waals surface area contributed by atoms with Crippen molar-refractivity contribution in [2.75, 3.05) is 0 Å². The molecule has 1 aromatic carbocycles. The molecular weight excluding hydrogens is 422 g/mol. The highest BCUT2D eigenvalue weighted by Crippen LogP contribution is 2.37. The summed E-state index contributed by atoms with van der Waals surface area (Å²) in [6, 6.07) is 12.1. The van der Waals surface area contributed by atoms with Crippen molar-refractivity contribution < 1.29 is 23.1 Å². The topological polar surface area (TPSA) is 92.7 Å². The van der Waals surface area contributed by atoms with Crippen molar-refractivity contribution >= 4 is 33.1 Å². The molecule has 1 aliphatic carbocycles. The Morgan fingerprint density at radius 3 is 2.60 bits per heavy atom. The number of thiophene rings is 1. The van der Waals surface area contributed by atoms with E-state index in [2.05, 4.69) is 4.72 Å². The number of carboxylic acids is 1.